The molecule has 4 heterocycles. The predicted octanol–water partition coefficient (Wildman–Crippen LogP) is 4.57. The Bertz CT molecular complexity index is 1470. The van der Waals surface area contributed by atoms with Crippen molar-refractivity contribution in [1.82, 2.24) is 29.1 Å². The van der Waals surface area contributed by atoms with E-state index in [2.05, 4.69) is 37.9 Å². The molecular formula is C30H38IN7O4. The molecule has 0 radical (unpaired) electrons. The summed E-state index contributed by atoms with van der Waals surface area (Å²) in [6, 6.07) is 5.76. The van der Waals surface area contributed by atoms with E-state index in [1.54, 1.807) is 17.3 Å². The Morgan fingerprint density at radius 1 is 1.00 bits per heavy atom. The number of rotatable bonds is 5. The summed E-state index contributed by atoms with van der Waals surface area (Å²) >= 11 is 2.23. The highest BCUT2D eigenvalue weighted by Crippen LogP contribution is 2.26. The standard InChI is InChI=1S/C30H38IN7O4/c1-5-20-18-22(34-25-26-33-19-24(31)38(26)13-10-32-25)6-7-23(20)28(40)36-16-14-35(15-17-36)27(39)21-8-11-37(12-9-21)29(41)42-30(2,3)4/h6-7,10,13,18-19,21H,5,8-9,11-12,14-17H2,1-4H3,(H,32,34). The van der Waals surface area contributed by atoms with E-state index in [1.807, 2.05) is 66.3 Å². The highest BCUT2D eigenvalue weighted by Gasteiger charge is 2.34. The Hall–Kier alpha value is -3.42. The van der Waals surface area contributed by atoms with E-state index in [0.717, 1.165) is 20.6 Å². The van der Waals surface area contributed by atoms with Crippen molar-refractivity contribution in [2.45, 2.75) is 52.6 Å². The van der Waals surface area contributed by atoms with Gasteiger partial charge in [0.25, 0.3) is 5.91 Å². The van der Waals surface area contributed by atoms with Crippen molar-refractivity contribution in [3.8, 4) is 0 Å². The molecule has 2 fully saturated rings. The van der Waals surface area contributed by atoms with Crippen molar-refractivity contribution >= 4 is 57.7 Å². The Kier molecular flexibility index (Phi) is 8.90. The summed E-state index contributed by atoms with van der Waals surface area (Å²) in [6.45, 7) is 10.6. The highest BCUT2D eigenvalue weighted by molar-refractivity contribution is 14.1. The van der Waals surface area contributed by atoms with Gasteiger partial charge >= 0.3 is 6.09 Å². The monoisotopic (exact) mass is 687 g/mol. The lowest BCUT2D eigenvalue weighted by molar-refractivity contribution is -0.138. The third-order valence-corrected chi connectivity index (χ3v) is 8.53. The molecule has 0 aliphatic carbocycles. The molecule has 2 aliphatic rings. The minimum Gasteiger partial charge on any atom is -0.444 e. The van der Waals surface area contributed by atoms with Crippen LogP contribution in [0.15, 0.2) is 36.8 Å². The quantitative estimate of drug-likeness (QED) is 0.392. The number of hydrogen-bond acceptors (Lipinski definition) is 7. The second-order valence-corrected chi connectivity index (χ2v) is 12.9. The number of imidazole rings is 1. The van der Waals surface area contributed by atoms with Crippen molar-refractivity contribution in [2.75, 3.05) is 44.6 Å². The van der Waals surface area contributed by atoms with Crippen LogP contribution in [0.1, 0.15) is 56.5 Å². The molecule has 224 valence electrons. The molecule has 12 heteroatoms. The van der Waals surface area contributed by atoms with E-state index in [1.165, 1.54) is 0 Å². The number of piperazine rings is 1. The smallest absolute Gasteiger partial charge is 0.410 e. The summed E-state index contributed by atoms with van der Waals surface area (Å²) in [5.41, 5.74) is 2.67. The van der Waals surface area contributed by atoms with Crippen LogP contribution in [0.4, 0.5) is 16.3 Å². The van der Waals surface area contributed by atoms with Crippen molar-refractivity contribution < 1.29 is 19.1 Å². The molecule has 0 atom stereocenters. The van der Waals surface area contributed by atoms with Gasteiger partial charge in [0.15, 0.2) is 11.5 Å². The maximum absolute atomic E-state index is 13.5. The molecule has 3 amide bonds. The zero-order chi connectivity index (χ0) is 30.0. The van der Waals surface area contributed by atoms with Crippen molar-refractivity contribution in [3.63, 3.8) is 0 Å². The topological polar surface area (TPSA) is 112 Å². The molecule has 42 heavy (non-hydrogen) atoms. The normalized spacial score (nSPS) is 16.5. The van der Waals surface area contributed by atoms with Crippen LogP contribution in [0.2, 0.25) is 0 Å². The van der Waals surface area contributed by atoms with E-state index in [-0.39, 0.29) is 23.8 Å². The maximum atomic E-state index is 13.5. The lowest BCUT2D eigenvalue weighted by atomic mass is 9.95. The molecule has 0 spiro atoms. The summed E-state index contributed by atoms with van der Waals surface area (Å²) in [5.74, 6) is 0.645. The number of aromatic nitrogens is 3. The molecule has 2 aliphatic heterocycles. The number of fused-ring (bicyclic) bond motifs is 1. The summed E-state index contributed by atoms with van der Waals surface area (Å²) in [4.78, 5) is 53.4. The van der Waals surface area contributed by atoms with Crippen LogP contribution in [0.25, 0.3) is 5.65 Å². The minimum atomic E-state index is -0.538. The Labute approximate surface area is 259 Å². The highest BCUT2D eigenvalue weighted by atomic mass is 127. The van der Waals surface area contributed by atoms with Crippen molar-refractivity contribution in [2.24, 2.45) is 5.92 Å². The van der Waals surface area contributed by atoms with Gasteiger partial charge in [-0.2, -0.15) is 0 Å². The van der Waals surface area contributed by atoms with Crippen LogP contribution in [-0.4, -0.2) is 91.8 Å². The van der Waals surface area contributed by atoms with Crippen molar-refractivity contribution in [1.29, 1.82) is 0 Å². The molecule has 3 aromatic rings. The van der Waals surface area contributed by atoms with E-state index in [9.17, 15) is 14.4 Å². The number of hydrogen-bond donors (Lipinski definition) is 1. The number of nitrogens with one attached hydrogen (secondary N) is 1. The Balaban J connectivity index is 1.16. The second kappa shape index (κ2) is 12.4. The molecular weight excluding hydrogens is 649 g/mol. The van der Waals surface area contributed by atoms with Crippen LogP contribution in [0.3, 0.4) is 0 Å². The zero-order valence-electron chi connectivity index (χ0n) is 24.6. The molecule has 11 nitrogen and oxygen atoms in total. The fraction of sp³-hybridized carbons (Fsp3) is 0.500. The largest absolute Gasteiger partial charge is 0.444 e. The summed E-state index contributed by atoms with van der Waals surface area (Å²) in [7, 11) is 0. The molecule has 0 bridgehead atoms. The van der Waals surface area contributed by atoms with Gasteiger partial charge in [-0.1, -0.05) is 6.92 Å². The number of halogens is 1. The van der Waals surface area contributed by atoms with E-state index in [0.29, 0.717) is 69.9 Å². The molecule has 0 saturated carbocycles. The SMILES string of the molecule is CCc1cc(Nc2nccn3c(I)cnc23)ccc1C(=O)N1CCN(C(=O)C2CCN(C(=O)OC(C)(C)C)CC2)CC1. The maximum Gasteiger partial charge on any atom is 0.410 e. The third kappa shape index (κ3) is 6.63. The van der Waals surface area contributed by atoms with Crippen LogP contribution in [-0.2, 0) is 16.0 Å². The average Bonchev–Trinajstić information content (AvgIpc) is 3.37. The molecule has 2 saturated heterocycles. The second-order valence-electron chi connectivity index (χ2n) is 11.8. The summed E-state index contributed by atoms with van der Waals surface area (Å²) < 4.78 is 8.43. The van der Waals surface area contributed by atoms with Gasteiger partial charge in [0.05, 0.1) is 6.20 Å². The number of anilines is 2. The fourth-order valence-electron chi connectivity index (χ4n) is 5.48. The first-order chi connectivity index (χ1) is 20.0. The number of nitrogens with zero attached hydrogens (tertiary/aromatic N) is 6. The fourth-order valence-corrected chi connectivity index (χ4v) is 6.01. The molecule has 1 N–H and O–H groups in total. The number of carbonyl (C=O) groups is 3. The van der Waals surface area contributed by atoms with Gasteiger partial charge in [-0.15, -0.1) is 0 Å². The van der Waals surface area contributed by atoms with Gasteiger partial charge in [0.1, 0.15) is 9.30 Å². The molecule has 2 aromatic heterocycles. The summed E-state index contributed by atoms with van der Waals surface area (Å²) in [6.07, 6.45) is 7.03. The predicted molar refractivity (Wildman–Crippen MR) is 168 cm³/mol. The molecule has 0 unspecified atom stereocenters. The van der Waals surface area contributed by atoms with E-state index >= 15 is 0 Å². The van der Waals surface area contributed by atoms with Crippen LogP contribution >= 0.6 is 22.6 Å². The Morgan fingerprint density at radius 3 is 2.36 bits per heavy atom. The lowest BCUT2D eigenvalue weighted by Crippen LogP contribution is -2.53. The van der Waals surface area contributed by atoms with Crippen molar-refractivity contribution in [3.05, 3.63) is 51.6 Å². The minimum absolute atomic E-state index is 0.0146. The summed E-state index contributed by atoms with van der Waals surface area (Å²) in [5, 5.41) is 3.35. The number of likely N-dealkylation sites (tertiary alicyclic amines) is 1. The lowest BCUT2D eigenvalue weighted by Gasteiger charge is -2.39. The van der Waals surface area contributed by atoms with Gasteiger partial charge in [-0.05, 0) is 86.4 Å². The zero-order valence-corrected chi connectivity index (χ0v) is 26.8. The number of ether oxygens (including phenoxy) is 1. The number of amides is 3. The third-order valence-electron chi connectivity index (χ3n) is 7.74. The van der Waals surface area contributed by atoms with E-state index in [4.69, 9.17) is 4.74 Å². The van der Waals surface area contributed by atoms with Gasteiger partial charge in [-0.25, -0.2) is 14.8 Å². The van der Waals surface area contributed by atoms with Crippen LogP contribution in [0, 0.1) is 9.62 Å². The number of piperidine rings is 1. The number of benzene rings is 1. The Morgan fingerprint density at radius 2 is 1.69 bits per heavy atom. The first-order valence-corrected chi connectivity index (χ1v) is 15.6. The molecule has 1 aromatic carbocycles. The van der Waals surface area contributed by atoms with Gasteiger partial charge in [-0.3, -0.25) is 14.0 Å². The first kappa shape index (κ1) is 30.1. The van der Waals surface area contributed by atoms with Crippen LogP contribution in [0.5, 0.6) is 0 Å². The molecule has 5 rings (SSSR count). The van der Waals surface area contributed by atoms with Crippen LogP contribution < -0.4 is 5.32 Å². The van der Waals surface area contributed by atoms with Gasteiger partial charge in [0.2, 0.25) is 5.91 Å². The van der Waals surface area contributed by atoms with E-state index < -0.39 is 5.60 Å². The van der Waals surface area contributed by atoms with Gasteiger partial charge in [0, 0.05) is 68.8 Å². The average molecular weight is 688 g/mol. The number of aryl methyl sites for hydroxylation is 1. The van der Waals surface area contributed by atoms with Gasteiger partial charge < -0.3 is 24.8 Å². The first-order valence-electron chi connectivity index (χ1n) is 14.5. The number of carbonyl (C=O) groups excluding carboxylic acids is 3.